The number of anilines is 1. The molecule has 0 bridgehead atoms. The molecule has 152 valence electrons. The summed E-state index contributed by atoms with van der Waals surface area (Å²) >= 11 is 7.46. The van der Waals surface area contributed by atoms with E-state index in [-0.39, 0.29) is 11.5 Å². The summed E-state index contributed by atoms with van der Waals surface area (Å²) in [4.78, 5) is 37.7. The number of aromatic amines is 1. The molecule has 31 heavy (non-hydrogen) atoms. The molecule has 5 rings (SSSR count). The first-order chi connectivity index (χ1) is 15.1. The van der Waals surface area contributed by atoms with Crippen LogP contribution in [0.25, 0.3) is 32.4 Å². The van der Waals surface area contributed by atoms with Gasteiger partial charge in [0.1, 0.15) is 0 Å². The van der Waals surface area contributed by atoms with Crippen molar-refractivity contribution in [3.63, 3.8) is 0 Å². The molecule has 9 heteroatoms. The Hall–Kier alpha value is -3.75. The van der Waals surface area contributed by atoms with E-state index >= 15 is 0 Å². The number of nitrogens with zero attached hydrogens (tertiary/aromatic N) is 2. The van der Waals surface area contributed by atoms with Gasteiger partial charge in [0.2, 0.25) is 5.95 Å². The third kappa shape index (κ3) is 3.74. The molecule has 3 aromatic heterocycles. The highest BCUT2D eigenvalue weighted by Gasteiger charge is 2.15. The highest BCUT2D eigenvalue weighted by molar-refractivity contribution is 7.19. The number of thiophene rings is 1. The number of benzene rings is 2. The second-order valence-corrected chi connectivity index (χ2v) is 8.40. The van der Waals surface area contributed by atoms with Crippen LogP contribution in [0.4, 0.5) is 5.95 Å². The number of amides is 1. The number of carbonyl (C=O) groups excluding carboxylic acids is 1. The lowest BCUT2D eigenvalue weighted by Crippen LogP contribution is -2.31. The molecule has 1 amide bonds. The monoisotopic (exact) mass is 447 g/mol. The van der Waals surface area contributed by atoms with Crippen molar-refractivity contribution in [1.82, 2.24) is 20.4 Å². The standard InChI is InChI=1S/C22H14ClN5O2S/c23-19-10-9-18(31-19)17-11-14(12-5-1-3-7-15(12)24-17)21(30)27-28-22-25-16-8-4-2-6-13(16)20(29)26-22/h1-11H,(H,27,30)(H2,25,26,28,29). The number of para-hydroxylation sites is 2. The average Bonchev–Trinajstić information content (AvgIpc) is 3.23. The minimum atomic E-state index is -0.390. The molecule has 0 radical (unpaired) electrons. The van der Waals surface area contributed by atoms with Gasteiger partial charge in [-0.3, -0.25) is 25.4 Å². The second-order valence-electron chi connectivity index (χ2n) is 6.69. The Morgan fingerprint density at radius 1 is 0.935 bits per heavy atom. The molecular weight excluding hydrogens is 434 g/mol. The first-order valence-electron chi connectivity index (χ1n) is 9.29. The van der Waals surface area contributed by atoms with Crippen molar-refractivity contribution in [1.29, 1.82) is 0 Å². The summed E-state index contributed by atoms with van der Waals surface area (Å²) in [6.07, 6.45) is 0. The molecule has 3 N–H and O–H groups in total. The van der Waals surface area contributed by atoms with Crippen LogP contribution < -0.4 is 16.4 Å². The molecule has 0 aliphatic carbocycles. The lowest BCUT2D eigenvalue weighted by Gasteiger charge is -2.11. The van der Waals surface area contributed by atoms with Crippen LogP contribution in [0.5, 0.6) is 0 Å². The summed E-state index contributed by atoms with van der Waals surface area (Å²) in [7, 11) is 0. The predicted octanol–water partition coefficient (Wildman–Crippen LogP) is 4.61. The van der Waals surface area contributed by atoms with Gasteiger partial charge in [-0.1, -0.05) is 41.9 Å². The van der Waals surface area contributed by atoms with E-state index in [0.717, 1.165) is 4.88 Å². The molecule has 0 unspecified atom stereocenters. The van der Waals surface area contributed by atoms with Gasteiger partial charge in [0, 0.05) is 5.39 Å². The number of aromatic nitrogens is 3. The van der Waals surface area contributed by atoms with Gasteiger partial charge in [-0.25, -0.2) is 9.97 Å². The molecule has 3 heterocycles. The largest absolute Gasteiger partial charge is 0.291 e. The van der Waals surface area contributed by atoms with Crippen LogP contribution in [0.2, 0.25) is 4.34 Å². The summed E-state index contributed by atoms with van der Waals surface area (Å²) in [5.74, 6) is -0.251. The zero-order valence-electron chi connectivity index (χ0n) is 15.8. The maximum Gasteiger partial charge on any atom is 0.270 e. The molecule has 0 saturated carbocycles. The minimum Gasteiger partial charge on any atom is -0.291 e. The molecule has 0 saturated heterocycles. The van der Waals surface area contributed by atoms with Crippen LogP contribution in [0, 0.1) is 0 Å². The van der Waals surface area contributed by atoms with Gasteiger partial charge in [0.25, 0.3) is 11.5 Å². The average molecular weight is 448 g/mol. The number of hydrogen-bond acceptors (Lipinski definition) is 6. The van der Waals surface area contributed by atoms with Crippen molar-refractivity contribution < 1.29 is 4.79 Å². The number of H-pyrrole nitrogens is 1. The Bertz CT molecular complexity index is 1510. The lowest BCUT2D eigenvalue weighted by atomic mass is 10.1. The first-order valence-corrected chi connectivity index (χ1v) is 10.5. The normalized spacial score (nSPS) is 11.0. The molecule has 7 nitrogen and oxygen atoms in total. The van der Waals surface area contributed by atoms with Gasteiger partial charge in [0.05, 0.1) is 36.9 Å². The van der Waals surface area contributed by atoms with Gasteiger partial charge in [-0.2, -0.15) is 0 Å². The fourth-order valence-electron chi connectivity index (χ4n) is 3.27. The fourth-order valence-corrected chi connectivity index (χ4v) is 4.27. The number of pyridine rings is 1. The molecule has 5 aromatic rings. The Balaban J connectivity index is 1.49. The van der Waals surface area contributed by atoms with Crippen LogP contribution in [0.15, 0.2) is 71.5 Å². The van der Waals surface area contributed by atoms with E-state index in [1.165, 1.54) is 11.3 Å². The Labute approximate surface area is 184 Å². The van der Waals surface area contributed by atoms with E-state index in [4.69, 9.17) is 11.6 Å². The summed E-state index contributed by atoms with van der Waals surface area (Å²) in [5.41, 5.74) is 7.30. The van der Waals surface area contributed by atoms with Crippen LogP contribution in [-0.4, -0.2) is 20.9 Å². The van der Waals surface area contributed by atoms with E-state index in [1.54, 1.807) is 36.4 Å². The zero-order valence-corrected chi connectivity index (χ0v) is 17.4. The molecule has 0 fully saturated rings. The minimum absolute atomic E-state index is 0.140. The van der Waals surface area contributed by atoms with E-state index in [9.17, 15) is 9.59 Å². The van der Waals surface area contributed by atoms with Crippen molar-refractivity contribution >= 4 is 56.6 Å². The summed E-state index contributed by atoms with van der Waals surface area (Å²) in [5, 5.41) is 1.17. The fraction of sp³-hybridized carbons (Fsp3) is 0. The second kappa shape index (κ2) is 7.82. The quantitative estimate of drug-likeness (QED) is 0.349. The van der Waals surface area contributed by atoms with Crippen molar-refractivity contribution in [2.45, 2.75) is 0 Å². The molecule has 0 aliphatic heterocycles. The van der Waals surface area contributed by atoms with Crippen molar-refractivity contribution in [3.8, 4) is 10.6 Å². The number of hydrazine groups is 1. The van der Waals surface area contributed by atoms with E-state index in [2.05, 4.69) is 25.8 Å². The van der Waals surface area contributed by atoms with Gasteiger partial charge in [-0.15, -0.1) is 11.3 Å². The van der Waals surface area contributed by atoms with Crippen molar-refractivity contribution in [2.75, 3.05) is 5.43 Å². The van der Waals surface area contributed by atoms with Crippen LogP contribution in [0.3, 0.4) is 0 Å². The summed E-state index contributed by atoms with van der Waals surface area (Å²) in [6, 6.07) is 19.7. The van der Waals surface area contributed by atoms with Crippen LogP contribution in [-0.2, 0) is 0 Å². The Morgan fingerprint density at radius 2 is 1.65 bits per heavy atom. The van der Waals surface area contributed by atoms with E-state index < -0.39 is 5.91 Å². The number of rotatable bonds is 4. The number of fused-ring (bicyclic) bond motifs is 2. The number of carbonyl (C=O) groups is 1. The number of nitrogens with one attached hydrogen (secondary N) is 3. The van der Waals surface area contributed by atoms with E-state index in [1.807, 2.05) is 30.3 Å². The molecular formula is C22H14ClN5O2S. The van der Waals surface area contributed by atoms with Gasteiger partial charge in [-0.05, 0) is 36.4 Å². The smallest absolute Gasteiger partial charge is 0.270 e. The van der Waals surface area contributed by atoms with Gasteiger partial charge in [0.15, 0.2) is 0 Å². The maximum absolute atomic E-state index is 13.0. The first kappa shape index (κ1) is 19.2. The Kier molecular flexibility index (Phi) is 4.85. The van der Waals surface area contributed by atoms with Gasteiger partial charge < -0.3 is 0 Å². The number of halogens is 1. The molecule has 0 atom stereocenters. The van der Waals surface area contributed by atoms with Gasteiger partial charge >= 0.3 is 0 Å². The highest BCUT2D eigenvalue weighted by Crippen LogP contribution is 2.32. The maximum atomic E-state index is 13.0. The number of hydrogen-bond donors (Lipinski definition) is 3. The Morgan fingerprint density at radius 3 is 2.39 bits per heavy atom. The highest BCUT2D eigenvalue weighted by atomic mass is 35.5. The van der Waals surface area contributed by atoms with Crippen LogP contribution >= 0.6 is 22.9 Å². The van der Waals surface area contributed by atoms with Crippen LogP contribution in [0.1, 0.15) is 10.4 Å². The topological polar surface area (TPSA) is 99.8 Å². The zero-order chi connectivity index (χ0) is 21.4. The van der Waals surface area contributed by atoms with Crippen molar-refractivity contribution in [2.24, 2.45) is 0 Å². The molecule has 0 spiro atoms. The third-order valence-corrected chi connectivity index (χ3v) is 5.95. The van der Waals surface area contributed by atoms with Crippen molar-refractivity contribution in [3.05, 3.63) is 87.0 Å². The summed E-state index contributed by atoms with van der Waals surface area (Å²) in [6.45, 7) is 0. The third-order valence-electron chi connectivity index (χ3n) is 4.69. The van der Waals surface area contributed by atoms with E-state index in [0.29, 0.717) is 37.4 Å². The SMILES string of the molecule is O=C(NNc1nc2ccccc2c(=O)[nH]1)c1cc(-c2ccc(Cl)s2)nc2ccccc12. The molecule has 0 aliphatic rings. The summed E-state index contributed by atoms with van der Waals surface area (Å²) < 4.78 is 0.643. The molecule has 2 aromatic carbocycles. The lowest BCUT2D eigenvalue weighted by molar-refractivity contribution is 0.0964. The predicted molar refractivity (Wildman–Crippen MR) is 124 cm³/mol.